The normalized spacial score (nSPS) is 13.0. The zero-order valence-electron chi connectivity index (χ0n) is 5.40. The van der Waals surface area contributed by atoms with Crippen LogP contribution in [0.3, 0.4) is 0 Å². The Labute approximate surface area is 53.9 Å². The van der Waals surface area contributed by atoms with E-state index >= 15 is 0 Å². The van der Waals surface area contributed by atoms with E-state index in [9.17, 15) is 8.78 Å². The first-order valence-corrected chi connectivity index (χ1v) is 2.87. The highest BCUT2D eigenvalue weighted by Crippen LogP contribution is 2.06. The van der Waals surface area contributed by atoms with Gasteiger partial charge in [-0.25, -0.2) is 8.78 Å². The Kier molecular flexibility index (Phi) is 5.07. The molecule has 0 fully saturated rings. The first-order valence-electron chi connectivity index (χ1n) is 2.87. The van der Waals surface area contributed by atoms with Crippen molar-refractivity contribution in [2.45, 2.75) is 19.8 Å². The molecule has 0 aliphatic carbocycles. The first kappa shape index (κ1) is 8.34. The Morgan fingerprint density at radius 1 is 1.56 bits per heavy atom. The summed E-state index contributed by atoms with van der Waals surface area (Å²) in [6, 6.07) is 0. The van der Waals surface area contributed by atoms with Gasteiger partial charge in [-0.15, -0.1) is 0 Å². The molecule has 0 saturated heterocycles. The van der Waals surface area contributed by atoms with E-state index in [1.54, 1.807) is 6.08 Å². The fraction of sp³-hybridized carbons (Fsp3) is 0.429. The van der Waals surface area contributed by atoms with E-state index < -0.39 is 5.83 Å². The molecule has 0 atom stereocenters. The SMILES string of the molecule is C/C=C/CC/C(F)=C/F. The summed E-state index contributed by atoms with van der Waals surface area (Å²) >= 11 is 0. The molecule has 0 nitrogen and oxygen atoms in total. The Hall–Kier alpha value is -0.660. The predicted octanol–water partition coefficient (Wildman–Crippen LogP) is 3.12. The lowest BCUT2D eigenvalue weighted by atomic mass is 10.3. The van der Waals surface area contributed by atoms with Crippen LogP contribution in [-0.4, -0.2) is 0 Å². The van der Waals surface area contributed by atoms with E-state index in [1.807, 2.05) is 13.0 Å². The minimum Gasteiger partial charge on any atom is -0.213 e. The Morgan fingerprint density at radius 3 is 2.67 bits per heavy atom. The zero-order chi connectivity index (χ0) is 7.11. The van der Waals surface area contributed by atoms with Crippen molar-refractivity contribution in [1.29, 1.82) is 0 Å². The quantitative estimate of drug-likeness (QED) is 0.517. The molecule has 0 heterocycles. The molecule has 9 heavy (non-hydrogen) atoms. The molecule has 2 heteroatoms. The molecule has 0 N–H and O–H groups in total. The highest BCUT2D eigenvalue weighted by Gasteiger charge is 1.89. The Morgan fingerprint density at radius 2 is 2.22 bits per heavy atom. The third kappa shape index (κ3) is 5.21. The van der Waals surface area contributed by atoms with Crippen LogP contribution >= 0.6 is 0 Å². The van der Waals surface area contributed by atoms with E-state index in [2.05, 4.69) is 0 Å². The van der Waals surface area contributed by atoms with Gasteiger partial charge >= 0.3 is 0 Å². The van der Waals surface area contributed by atoms with Crippen molar-refractivity contribution in [2.24, 2.45) is 0 Å². The van der Waals surface area contributed by atoms with Crippen LogP contribution in [0.1, 0.15) is 19.8 Å². The summed E-state index contributed by atoms with van der Waals surface area (Å²) in [5, 5.41) is 0. The van der Waals surface area contributed by atoms with Gasteiger partial charge < -0.3 is 0 Å². The van der Waals surface area contributed by atoms with Crippen molar-refractivity contribution in [3.63, 3.8) is 0 Å². The number of rotatable bonds is 3. The number of allylic oxidation sites excluding steroid dienone is 3. The van der Waals surface area contributed by atoms with Crippen LogP contribution < -0.4 is 0 Å². The molecule has 0 aliphatic heterocycles. The molecule has 0 aromatic heterocycles. The monoisotopic (exact) mass is 132 g/mol. The van der Waals surface area contributed by atoms with Gasteiger partial charge in [0.1, 0.15) is 12.2 Å². The van der Waals surface area contributed by atoms with Gasteiger partial charge in [0.15, 0.2) is 0 Å². The third-order valence-electron chi connectivity index (χ3n) is 0.904. The van der Waals surface area contributed by atoms with E-state index in [0.717, 1.165) is 0 Å². The fourth-order valence-corrected chi connectivity index (χ4v) is 0.442. The Balaban J connectivity index is 3.28. The van der Waals surface area contributed by atoms with Crippen LogP contribution in [0.2, 0.25) is 0 Å². The average Bonchev–Trinajstić information content (AvgIpc) is 1.89. The largest absolute Gasteiger partial charge is 0.213 e. The summed E-state index contributed by atoms with van der Waals surface area (Å²) in [6.07, 6.45) is 4.35. The van der Waals surface area contributed by atoms with Gasteiger partial charge in [-0.3, -0.25) is 0 Å². The predicted molar refractivity (Wildman–Crippen MR) is 34.3 cm³/mol. The van der Waals surface area contributed by atoms with Crippen molar-refractivity contribution >= 4 is 0 Å². The van der Waals surface area contributed by atoms with E-state index in [4.69, 9.17) is 0 Å². The van der Waals surface area contributed by atoms with Crippen molar-refractivity contribution < 1.29 is 8.78 Å². The number of hydrogen-bond acceptors (Lipinski definition) is 0. The summed E-state index contributed by atoms with van der Waals surface area (Å²) in [7, 11) is 0. The highest BCUT2D eigenvalue weighted by atomic mass is 19.2. The molecule has 0 rings (SSSR count). The molecule has 0 unspecified atom stereocenters. The molecule has 0 aromatic rings. The summed E-state index contributed by atoms with van der Waals surface area (Å²) in [5.74, 6) is -0.687. The van der Waals surface area contributed by atoms with Crippen LogP contribution in [0.5, 0.6) is 0 Å². The lowest BCUT2D eigenvalue weighted by Crippen LogP contribution is -1.70. The average molecular weight is 132 g/mol. The lowest BCUT2D eigenvalue weighted by Gasteiger charge is -1.87. The van der Waals surface area contributed by atoms with Crippen LogP contribution in [0.25, 0.3) is 0 Å². The van der Waals surface area contributed by atoms with Crippen molar-refractivity contribution in [2.75, 3.05) is 0 Å². The van der Waals surface area contributed by atoms with Crippen LogP contribution in [0.4, 0.5) is 8.78 Å². The first-order chi connectivity index (χ1) is 4.31. The third-order valence-corrected chi connectivity index (χ3v) is 0.904. The maximum Gasteiger partial charge on any atom is 0.128 e. The van der Waals surface area contributed by atoms with Crippen molar-refractivity contribution in [1.82, 2.24) is 0 Å². The van der Waals surface area contributed by atoms with Crippen LogP contribution in [-0.2, 0) is 0 Å². The van der Waals surface area contributed by atoms with Gasteiger partial charge in [0.2, 0.25) is 0 Å². The minimum atomic E-state index is -0.687. The van der Waals surface area contributed by atoms with Gasteiger partial charge in [-0.2, -0.15) is 0 Å². The second kappa shape index (κ2) is 5.48. The molecule has 0 bridgehead atoms. The van der Waals surface area contributed by atoms with Crippen LogP contribution in [0, 0.1) is 0 Å². The smallest absolute Gasteiger partial charge is 0.128 e. The lowest BCUT2D eigenvalue weighted by molar-refractivity contribution is 0.549. The maximum atomic E-state index is 11.9. The second-order valence-corrected chi connectivity index (χ2v) is 1.66. The topological polar surface area (TPSA) is 0 Å². The zero-order valence-corrected chi connectivity index (χ0v) is 5.40. The van der Waals surface area contributed by atoms with Gasteiger partial charge in [0, 0.05) is 6.42 Å². The Bertz CT molecular complexity index is 114. The molecule has 0 aliphatic rings. The van der Waals surface area contributed by atoms with Gasteiger partial charge in [-0.05, 0) is 13.3 Å². The summed E-state index contributed by atoms with van der Waals surface area (Å²) in [4.78, 5) is 0. The molecule has 52 valence electrons. The van der Waals surface area contributed by atoms with Crippen molar-refractivity contribution in [3.05, 3.63) is 24.3 Å². The van der Waals surface area contributed by atoms with Gasteiger partial charge in [0.25, 0.3) is 0 Å². The summed E-state index contributed by atoms with van der Waals surface area (Å²) in [5.41, 5.74) is 0. The summed E-state index contributed by atoms with van der Waals surface area (Å²) in [6.45, 7) is 1.84. The molecule has 0 aromatic carbocycles. The highest BCUT2D eigenvalue weighted by molar-refractivity contribution is 4.89. The van der Waals surface area contributed by atoms with Crippen LogP contribution in [0.15, 0.2) is 24.3 Å². The van der Waals surface area contributed by atoms with E-state index in [1.165, 1.54) is 0 Å². The standard InChI is InChI=1S/C7H10F2/c1-2-3-4-5-7(9)6-8/h2-3,6H,4-5H2,1H3/b3-2+,7-6-. The minimum absolute atomic E-state index is 0.00347. The molecule has 0 radical (unpaired) electrons. The number of halogens is 2. The fourth-order valence-electron chi connectivity index (χ4n) is 0.442. The summed E-state index contributed by atoms with van der Waals surface area (Å²) < 4.78 is 23.2. The molecule has 0 spiro atoms. The maximum absolute atomic E-state index is 11.9. The molecular formula is C7H10F2. The van der Waals surface area contributed by atoms with Gasteiger partial charge in [-0.1, -0.05) is 12.2 Å². The number of hydrogen-bond donors (Lipinski definition) is 0. The molecule has 0 saturated carbocycles. The van der Waals surface area contributed by atoms with E-state index in [0.29, 0.717) is 6.42 Å². The molecular weight excluding hydrogens is 122 g/mol. The van der Waals surface area contributed by atoms with Gasteiger partial charge in [0.05, 0.1) is 0 Å². The second-order valence-electron chi connectivity index (χ2n) is 1.66. The van der Waals surface area contributed by atoms with E-state index in [-0.39, 0.29) is 12.8 Å². The van der Waals surface area contributed by atoms with Crippen molar-refractivity contribution in [3.8, 4) is 0 Å². The molecule has 0 amide bonds.